The first-order chi connectivity index (χ1) is 9.65. The number of hydrogen-bond acceptors (Lipinski definition) is 2. The molecule has 0 fully saturated rings. The molecule has 1 unspecified atom stereocenters. The molecule has 0 saturated heterocycles. The molecular formula is C15H19Cl2N3. The zero-order valence-corrected chi connectivity index (χ0v) is 13.2. The number of nitrogens with one attached hydrogen (secondary N) is 1. The van der Waals surface area contributed by atoms with Gasteiger partial charge in [-0.15, -0.1) is 0 Å². The van der Waals surface area contributed by atoms with Gasteiger partial charge in [0.1, 0.15) is 5.82 Å². The van der Waals surface area contributed by atoms with E-state index < -0.39 is 0 Å². The van der Waals surface area contributed by atoms with Crippen LogP contribution in [0.3, 0.4) is 0 Å². The van der Waals surface area contributed by atoms with Crippen molar-refractivity contribution < 1.29 is 0 Å². The molecule has 0 amide bonds. The number of aryl methyl sites for hydroxylation is 1. The van der Waals surface area contributed by atoms with Crippen LogP contribution in [0.15, 0.2) is 30.6 Å². The summed E-state index contributed by atoms with van der Waals surface area (Å²) in [5.74, 6) is 1.05. The van der Waals surface area contributed by atoms with Crippen molar-refractivity contribution in [1.29, 1.82) is 0 Å². The Morgan fingerprint density at radius 1 is 1.30 bits per heavy atom. The fourth-order valence-corrected chi connectivity index (χ4v) is 2.75. The van der Waals surface area contributed by atoms with Crippen LogP contribution in [0, 0.1) is 0 Å². The maximum Gasteiger partial charge on any atom is 0.110 e. The van der Waals surface area contributed by atoms with E-state index in [1.165, 1.54) is 0 Å². The van der Waals surface area contributed by atoms with Crippen molar-refractivity contribution in [3.8, 4) is 0 Å². The van der Waals surface area contributed by atoms with Crippen molar-refractivity contribution in [2.24, 2.45) is 0 Å². The Balaban J connectivity index is 2.29. The van der Waals surface area contributed by atoms with E-state index in [0.29, 0.717) is 5.02 Å². The molecule has 0 spiro atoms. The molecule has 0 aliphatic carbocycles. The molecule has 20 heavy (non-hydrogen) atoms. The largest absolute Gasteiger partial charge is 0.335 e. The topological polar surface area (TPSA) is 29.9 Å². The van der Waals surface area contributed by atoms with Gasteiger partial charge in [0.2, 0.25) is 0 Å². The predicted octanol–water partition coefficient (Wildman–Crippen LogP) is 4.10. The van der Waals surface area contributed by atoms with Gasteiger partial charge in [-0.25, -0.2) is 4.98 Å². The minimum atomic E-state index is 0.110. The Morgan fingerprint density at radius 3 is 2.80 bits per heavy atom. The molecule has 0 aliphatic heterocycles. The first-order valence-electron chi connectivity index (χ1n) is 6.84. The van der Waals surface area contributed by atoms with Gasteiger partial charge < -0.3 is 9.88 Å². The van der Waals surface area contributed by atoms with Crippen molar-refractivity contribution in [3.05, 3.63) is 52.0 Å². The Hall–Kier alpha value is -1.03. The third-order valence-electron chi connectivity index (χ3n) is 3.31. The first-order valence-corrected chi connectivity index (χ1v) is 7.59. The fraction of sp³-hybridized carbons (Fsp3) is 0.400. The summed E-state index contributed by atoms with van der Waals surface area (Å²) in [5, 5.41) is 4.89. The fourth-order valence-electron chi connectivity index (χ4n) is 2.32. The molecule has 1 heterocycles. The monoisotopic (exact) mass is 311 g/mol. The van der Waals surface area contributed by atoms with E-state index in [2.05, 4.69) is 28.7 Å². The lowest BCUT2D eigenvalue weighted by molar-refractivity contribution is 0.522. The van der Waals surface area contributed by atoms with Gasteiger partial charge in [0.15, 0.2) is 0 Å². The minimum Gasteiger partial charge on any atom is -0.335 e. The van der Waals surface area contributed by atoms with E-state index >= 15 is 0 Å². The molecule has 1 aromatic carbocycles. The average Bonchev–Trinajstić information content (AvgIpc) is 2.88. The lowest BCUT2D eigenvalue weighted by atomic mass is 10.0. The molecule has 1 aromatic heterocycles. The number of likely N-dealkylation sites (N-methyl/N-ethyl adjacent to an activating group) is 1. The molecule has 5 heteroatoms. The van der Waals surface area contributed by atoms with Gasteiger partial charge in [0.25, 0.3) is 0 Å². The standard InChI is InChI=1S/C15H19Cl2N3/c1-3-18-14(10-15-19-7-8-20(15)4-2)12-9-11(16)5-6-13(12)17/h5-9,14,18H,3-4,10H2,1-2H3. The quantitative estimate of drug-likeness (QED) is 0.870. The van der Waals surface area contributed by atoms with Crippen LogP contribution in [0.1, 0.15) is 31.3 Å². The number of nitrogens with zero attached hydrogens (tertiary/aromatic N) is 2. The normalized spacial score (nSPS) is 12.6. The third-order valence-corrected chi connectivity index (χ3v) is 3.89. The molecule has 1 N–H and O–H groups in total. The summed E-state index contributed by atoms with van der Waals surface area (Å²) < 4.78 is 2.14. The van der Waals surface area contributed by atoms with E-state index in [0.717, 1.165) is 35.9 Å². The number of hydrogen-bond donors (Lipinski definition) is 1. The Kier molecular flexibility index (Phi) is 5.46. The van der Waals surface area contributed by atoms with Crippen molar-refractivity contribution in [3.63, 3.8) is 0 Å². The highest BCUT2D eigenvalue weighted by Crippen LogP contribution is 2.28. The van der Waals surface area contributed by atoms with Crippen LogP contribution in [0.4, 0.5) is 0 Å². The molecule has 2 aromatic rings. The number of halogens is 2. The van der Waals surface area contributed by atoms with Crippen LogP contribution in [-0.2, 0) is 13.0 Å². The molecule has 2 rings (SSSR count). The van der Waals surface area contributed by atoms with Crippen LogP contribution in [-0.4, -0.2) is 16.1 Å². The smallest absolute Gasteiger partial charge is 0.110 e. The molecule has 0 bridgehead atoms. The zero-order valence-electron chi connectivity index (χ0n) is 11.7. The van der Waals surface area contributed by atoms with E-state index in [-0.39, 0.29) is 6.04 Å². The summed E-state index contributed by atoms with van der Waals surface area (Å²) in [6.45, 7) is 5.97. The summed E-state index contributed by atoms with van der Waals surface area (Å²) in [6.07, 6.45) is 4.62. The highest BCUT2D eigenvalue weighted by Gasteiger charge is 2.17. The first kappa shape index (κ1) is 15.4. The number of rotatable bonds is 6. The van der Waals surface area contributed by atoms with E-state index in [1.54, 1.807) is 0 Å². The Labute approximate surface area is 129 Å². The molecule has 1 atom stereocenters. The molecule has 0 radical (unpaired) electrons. The van der Waals surface area contributed by atoms with Gasteiger partial charge in [-0.05, 0) is 37.2 Å². The molecule has 0 saturated carbocycles. The second kappa shape index (κ2) is 7.11. The van der Waals surface area contributed by atoms with Gasteiger partial charge in [0.05, 0.1) is 0 Å². The van der Waals surface area contributed by atoms with Gasteiger partial charge in [-0.2, -0.15) is 0 Å². The summed E-state index contributed by atoms with van der Waals surface area (Å²) >= 11 is 12.4. The Morgan fingerprint density at radius 2 is 2.10 bits per heavy atom. The third kappa shape index (κ3) is 3.54. The SMILES string of the molecule is CCNC(Cc1nccn1CC)c1cc(Cl)ccc1Cl. The lowest BCUT2D eigenvalue weighted by Crippen LogP contribution is -2.24. The lowest BCUT2D eigenvalue weighted by Gasteiger charge is -2.20. The van der Waals surface area contributed by atoms with E-state index in [4.69, 9.17) is 23.2 Å². The second-order valence-corrected chi connectivity index (χ2v) is 5.45. The highest BCUT2D eigenvalue weighted by molar-refractivity contribution is 6.33. The highest BCUT2D eigenvalue weighted by atomic mass is 35.5. The van der Waals surface area contributed by atoms with Crippen LogP contribution >= 0.6 is 23.2 Å². The minimum absolute atomic E-state index is 0.110. The average molecular weight is 312 g/mol. The van der Waals surface area contributed by atoms with Gasteiger partial charge >= 0.3 is 0 Å². The summed E-state index contributed by atoms with van der Waals surface area (Å²) in [4.78, 5) is 4.43. The van der Waals surface area contributed by atoms with E-state index in [9.17, 15) is 0 Å². The van der Waals surface area contributed by atoms with Crippen LogP contribution in [0.2, 0.25) is 10.0 Å². The van der Waals surface area contributed by atoms with Crippen LogP contribution < -0.4 is 5.32 Å². The number of imidazole rings is 1. The maximum absolute atomic E-state index is 6.31. The van der Waals surface area contributed by atoms with Gasteiger partial charge in [-0.1, -0.05) is 30.1 Å². The van der Waals surface area contributed by atoms with Crippen molar-refractivity contribution >= 4 is 23.2 Å². The molecular weight excluding hydrogens is 293 g/mol. The van der Waals surface area contributed by atoms with Crippen LogP contribution in [0.25, 0.3) is 0 Å². The summed E-state index contributed by atoms with van der Waals surface area (Å²) in [6, 6.07) is 5.69. The number of aromatic nitrogens is 2. The second-order valence-electron chi connectivity index (χ2n) is 4.61. The van der Waals surface area contributed by atoms with Crippen molar-refractivity contribution in [2.75, 3.05) is 6.54 Å². The van der Waals surface area contributed by atoms with Crippen molar-refractivity contribution in [1.82, 2.24) is 14.9 Å². The van der Waals surface area contributed by atoms with Gasteiger partial charge in [-0.3, -0.25) is 0 Å². The number of benzene rings is 1. The molecule has 108 valence electrons. The zero-order chi connectivity index (χ0) is 14.5. The van der Waals surface area contributed by atoms with E-state index in [1.807, 2.05) is 30.6 Å². The van der Waals surface area contributed by atoms with Gasteiger partial charge in [0, 0.05) is 41.4 Å². The predicted molar refractivity (Wildman–Crippen MR) is 84.5 cm³/mol. The molecule has 0 aliphatic rings. The maximum atomic E-state index is 6.31. The summed E-state index contributed by atoms with van der Waals surface area (Å²) in [7, 11) is 0. The Bertz CT molecular complexity index is 566. The molecule has 3 nitrogen and oxygen atoms in total. The van der Waals surface area contributed by atoms with Crippen molar-refractivity contribution in [2.45, 2.75) is 32.9 Å². The van der Waals surface area contributed by atoms with Crippen LogP contribution in [0.5, 0.6) is 0 Å². The summed E-state index contributed by atoms with van der Waals surface area (Å²) in [5.41, 5.74) is 1.02.